The molecule has 4 rings (SSSR count). The molecule has 8 nitrogen and oxygen atoms in total. The third kappa shape index (κ3) is 5.75. The van der Waals surface area contributed by atoms with Crippen molar-refractivity contribution in [1.82, 2.24) is 19.7 Å². The zero-order valence-corrected chi connectivity index (χ0v) is 19.0. The number of hydrogen-bond donors (Lipinski definition) is 2. The van der Waals surface area contributed by atoms with Crippen LogP contribution in [0, 0.1) is 20.8 Å². The van der Waals surface area contributed by atoms with Crippen LogP contribution in [-0.2, 0) is 6.18 Å². The first-order valence-corrected chi connectivity index (χ1v) is 10.5. The number of hydrogen-bond acceptors (Lipinski definition) is 5. The molecule has 2 amide bonds. The molecular formula is C24H21F3N6O2. The molecule has 0 unspecified atom stereocenters. The Labute approximate surface area is 198 Å². The van der Waals surface area contributed by atoms with Crippen LogP contribution in [-0.4, -0.2) is 25.8 Å². The van der Waals surface area contributed by atoms with Gasteiger partial charge in [-0.05, 0) is 63.2 Å². The Morgan fingerprint density at radius 1 is 0.943 bits per heavy atom. The number of aryl methyl sites for hydroxylation is 3. The van der Waals surface area contributed by atoms with Crippen molar-refractivity contribution in [2.75, 3.05) is 10.6 Å². The number of aromatic nitrogens is 4. The predicted octanol–water partition coefficient (Wildman–Crippen LogP) is 6.04. The number of anilines is 2. The van der Waals surface area contributed by atoms with E-state index in [2.05, 4.69) is 25.7 Å². The van der Waals surface area contributed by atoms with Gasteiger partial charge in [0.15, 0.2) is 5.82 Å². The molecule has 0 atom stereocenters. The molecule has 0 spiro atoms. The Morgan fingerprint density at radius 3 is 2.31 bits per heavy atom. The molecule has 11 heteroatoms. The molecule has 4 aromatic rings. The maximum absolute atomic E-state index is 13.1. The number of ether oxygens (including phenoxy) is 1. The number of urea groups is 1. The fourth-order valence-corrected chi connectivity index (χ4v) is 3.40. The second-order valence-corrected chi connectivity index (χ2v) is 7.70. The molecule has 2 aromatic heterocycles. The molecule has 0 aliphatic rings. The summed E-state index contributed by atoms with van der Waals surface area (Å²) in [5.74, 6) is 1.81. The summed E-state index contributed by atoms with van der Waals surface area (Å²) in [5.41, 5.74) is 0.865. The summed E-state index contributed by atoms with van der Waals surface area (Å²) in [6, 6.07) is 13.8. The second-order valence-electron chi connectivity index (χ2n) is 7.70. The summed E-state index contributed by atoms with van der Waals surface area (Å²) >= 11 is 0. The molecule has 0 bridgehead atoms. The average molecular weight is 482 g/mol. The van der Waals surface area contributed by atoms with Gasteiger partial charge in [-0.15, -0.1) is 0 Å². The number of alkyl halides is 3. The Hall–Kier alpha value is -4.41. The van der Waals surface area contributed by atoms with E-state index in [1.807, 2.05) is 19.9 Å². The van der Waals surface area contributed by atoms with Crippen molar-refractivity contribution in [2.45, 2.75) is 26.9 Å². The molecule has 35 heavy (non-hydrogen) atoms. The molecule has 0 saturated carbocycles. The molecule has 0 aliphatic carbocycles. The minimum absolute atomic E-state index is 0.308. The monoisotopic (exact) mass is 482 g/mol. The van der Waals surface area contributed by atoms with Gasteiger partial charge in [-0.25, -0.2) is 14.5 Å². The van der Waals surface area contributed by atoms with Gasteiger partial charge >= 0.3 is 12.2 Å². The third-order valence-corrected chi connectivity index (χ3v) is 4.84. The number of nitrogens with one attached hydrogen (secondary N) is 2. The Kier molecular flexibility index (Phi) is 6.41. The number of benzene rings is 2. The minimum Gasteiger partial charge on any atom is -0.439 e. The van der Waals surface area contributed by atoms with Gasteiger partial charge in [-0.1, -0.05) is 12.1 Å². The first kappa shape index (κ1) is 23.7. The SMILES string of the molecule is Cc1cc(C)n(-c2cc(Oc3ccc(NC(=O)Nc4ccccc4C(F)(F)F)cc3)nc(C)n2)n1. The van der Waals surface area contributed by atoms with Gasteiger partial charge in [0, 0.05) is 17.4 Å². The molecule has 180 valence electrons. The van der Waals surface area contributed by atoms with Gasteiger partial charge < -0.3 is 15.4 Å². The highest BCUT2D eigenvalue weighted by atomic mass is 19.4. The van der Waals surface area contributed by atoms with E-state index >= 15 is 0 Å². The van der Waals surface area contributed by atoms with Crippen LogP contribution in [0.1, 0.15) is 22.8 Å². The van der Waals surface area contributed by atoms with Crippen molar-refractivity contribution < 1.29 is 22.7 Å². The summed E-state index contributed by atoms with van der Waals surface area (Å²) in [5, 5.41) is 9.15. The predicted molar refractivity (Wildman–Crippen MR) is 124 cm³/mol. The fraction of sp³-hybridized carbons (Fsp3) is 0.167. The first-order valence-electron chi connectivity index (χ1n) is 10.5. The van der Waals surface area contributed by atoms with Crippen LogP contribution < -0.4 is 15.4 Å². The number of carbonyl (C=O) groups excluding carboxylic acids is 1. The number of para-hydroxylation sites is 1. The molecule has 0 saturated heterocycles. The lowest BCUT2D eigenvalue weighted by atomic mass is 10.1. The topological polar surface area (TPSA) is 94.0 Å². The summed E-state index contributed by atoms with van der Waals surface area (Å²) in [7, 11) is 0. The van der Waals surface area contributed by atoms with Gasteiger partial charge in [0.25, 0.3) is 0 Å². The number of carbonyl (C=O) groups is 1. The summed E-state index contributed by atoms with van der Waals surface area (Å²) in [6.45, 7) is 5.55. The van der Waals surface area contributed by atoms with E-state index < -0.39 is 17.8 Å². The molecule has 2 aromatic carbocycles. The summed E-state index contributed by atoms with van der Waals surface area (Å²) < 4.78 is 46.9. The van der Waals surface area contributed by atoms with Crippen LogP contribution >= 0.6 is 0 Å². The van der Waals surface area contributed by atoms with Gasteiger partial charge in [0.1, 0.15) is 11.6 Å². The van der Waals surface area contributed by atoms with Crippen molar-refractivity contribution in [3.05, 3.63) is 83.4 Å². The number of nitrogens with zero attached hydrogens (tertiary/aromatic N) is 4. The van der Waals surface area contributed by atoms with Crippen molar-refractivity contribution in [3.63, 3.8) is 0 Å². The van der Waals surface area contributed by atoms with Crippen LogP contribution in [0.25, 0.3) is 5.82 Å². The number of rotatable bonds is 5. The van der Waals surface area contributed by atoms with E-state index in [1.54, 1.807) is 41.9 Å². The minimum atomic E-state index is -4.59. The second kappa shape index (κ2) is 9.45. The Balaban J connectivity index is 1.44. The highest BCUT2D eigenvalue weighted by molar-refractivity contribution is 6.00. The highest BCUT2D eigenvalue weighted by Gasteiger charge is 2.33. The number of amides is 2. The largest absolute Gasteiger partial charge is 0.439 e. The quantitative estimate of drug-likeness (QED) is 0.362. The van der Waals surface area contributed by atoms with E-state index in [9.17, 15) is 18.0 Å². The Bertz CT molecular complexity index is 1370. The van der Waals surface area contributed by atoms with Gasteiger partial charge in [-0.2, -0.15) is 23.3 Å². The normalized spacial score (nSPS) is 11.3. The maximum atomic E-state index is 13.1. The van der Waals surface area contributed by atoms with E-state index in [1.165, 1.54) is 18.2 Å². The average Bonchev–Trinajstić information content (AvgIpc) is 3.12. The molecule has 0 fully saturated rings. The maximum Gasteiger partial charge on any atom is 0.418 e. The number of halogens is 3. The Morgan fingerprint density at radius 2 is 1.66 bits per heavy atom. The molecule has 0 radical (unpaired) electrons. The lowest BCUT2D eigenvalue weighted by molar-refractivity contribution is -0.136. The molecular weight excluding hydrogens is 461 g/mol. The highest BCUT2D eigenvalue weighted by Crippen LogP contribution is 2.34. The molecule has 2 heterocycles. The summed E-state index contributed by atoms with van der Waals surface area (Å²) in [4.78, 5) is 20.9. The van der Waals surface area contributed by atoms with Gasteiger partial charge in [-0.3, -0.25) is 0 Å². The smallest absolute Gasteiger partial charge is 0.418 e. The van der Waals surface area contributed by atoms with E-state index in [4.69, 9.17) is 4.74 Å². The third-order valence-electron chi connectivity index (χ3n) is 4.84. The van der Waals surface area contributed by atoms with Crippen molar-refractivity contribution in [3.8, 4) is 17.4 Å². The zero-order chi connectivity index (χ0) is 25.2. The fourth-order valence-electron chi connectivity index (χ4n) is 3.40. The van der Waals surface area contributed by atoms with Crippen LogP contribution in [0.3, 0.4) is 0 Å². The van der Waals surface area contributed by atoms with E-state index in [0.717, 1.165) is 17.5 Å². The van der Waals surface area contributed by atoms with Crippen LogP contribution in [0.2, 0.25) is 0 Å². The lowest BCUT2D eigenvalue weighted by Gasteiger charge is -2.14. The van der Waals surface area contributed by atoms with Crippen molar-refractivity contribution in [2.24, 2.45) is 0 Å². The lowest BCUT2D eigenvalue weighted by Crippen LogP contribution is -2.21. The van der Waals surface area contributed by atoms with Crippen LogP contribution in [0.15, 0.2) is 60.7 Å². The van der Waals surface area contributed by atoms with Crippen LogP contribution in [0.5, 0.6) is 11.6 Å². The van der Waals surface area contributed by atoms with Gasteiger partial charge in [0.2, 0.25) is 5.88 Å². The first-order chi connectivity index (χ1) is 16.6. The van der Waals surface area contributed by atoms with E-state index in [0.29, 0.717) is 29.0 Å². The van der Waals surface area contributed by atoms with E-state index in [-0.39, 0.29) is 5.69 Å². The van der Waals surface area contributed by atoms with Crippen LogP contribution in [0.4, 0.5) is 29.3 Å². The molecule has 0 aliphatic heterocycles. The zero-order valence-electron chi connectivity index (χ0n) is 19.0. The standard InChI is InChI=1S/C24H21F3N6O2/c1-14-12-15(2)33(32-14)21-13-22(29-16(3)28-21)35-18-10-8-17(9-11-18)30-23(34)31-20-7-5-4-6-19(20)24(25,26)27/h4-13H,1-3H3,(H2,30,31,34). The van der Waals surface area contributed by atoms with Crippen molar-refractivity contribution in [1.29, 1.82) is 0 Å². The summed E-state index contributed by atoms with van der Waals surface area (Å²) in [6.07, 6.45) is -4.59. The van der Waals surface area contributed by atoms with Crippen molar-refractivity contribution >= 4 is 17.4 Å². The molecule has 2 N–H and O–H groups in total. The van der Waals surface area contributed by atoms with Gasteiger partial charge in [0.05, 0.1) is 16.9 Å².